The summed E-state index contributed by atoms with van der Waals surface area (Å²) in [7, 11) is 0. The molecule has 0 saturated carbocycles. The van der Waals surface area contributed by atoms with Gasteiger partial charge in [0.1, 0.15) is 0 Å². The van der Waals surface area contributed by atoms with Gasteiger partial charge in [-0.05, 0) is 0 Å². The van der Waals surface area contributed by atoms with Gasteiger partial charge in [-0.3, -0.25) is 0 Å². The molecule has 0 aliphatic heterocycles. The topological polar surface area (TPSA) is 57.0 Å². The van der Waals surface area contributed by atoms with Crippen LogP contribution in [0, 0.1) is 0 Å². The molecular formula is O2SrTi+2. The van der Waals surface area contributed by atoms with E-state index in [0.29, 0.717) is 0 Å². The van der Waals surface area contributed by atoms with Gasteiger partial charge in [0, 0.05) is 0 Å². The van der Waals surface area contributed by atoms with Crippen LogP contribution >= 0.6 is 0 Å². The summed E-state index contributed by atoms with van der Waals surface area (Å²) in [5.74, 6) is 0. The second-order valence-corrected chi connectivity index (χ2v) is 0. The monoisotopic (exact) mass is 168 g/mol. The molecule has 0 aromatic carbocycles. The molecule has 4 heavy (non-hydrogen) atoms. The summed E-state index contributed by atoms with van der Waals surface area (Å²) in [6, 6.07) is 0. The Morgan fingerprint density at radius 3 is 0.750 bits per heavy atom. The smallest absolute Gasteiger partial charge is 2.00 e. The summed E-state index contributed by atoms with van der Waals surface area (Å²) >= 11 is 0. The van der Waals surface area contributed by atoms with Crippen molar-refractivity contribution in [1.82, 2.24) is 0 Å². The fourth-order valence-corrected chi connectivity index (χ4v) is 0. The van der Waals surface area contributed by atoms with Gasteiger partial charge < -0.3 is 11.0 Å². The first-order valence-electron chi connectivity index (χ1n) is 0. The average molecular weight is 167 g/mol. The van der Waals surface area contributed by atoms with Crippen LogP contribution in [0.5, 0.6) is 0 Å². The van der Waals surface area contributed by atoms with Crippen molar-refractivity contribution in [3.8, 4) is 0 Å². The molecule has 0 spiro atoms. The third kappa shape index (κ3) is 8.93. The summed E-state index contributed by atoms with van der Waals surface area (Å²) in [4.78, 5) is 0. The van der Waals surface area contributed by atoms with Crippen molar-refractivity contribution >= 4 is 45.5 Å². The molecule has 0 unspecified atom stereocenters. The number of hydrogen-bond acceptors (Lipinski definition) is 0. The van der Waals surface area contributed by atoms with Gasteiger partial charge in [-0.25, -0.2) is 0 Å². The normalized spacial score (nSPS) is 0. The molecule has 0 amide bonds. The van der Waals surface area contributed by atoms with Gasteiger partial charge in [-0.2, -0.15) is 0 Å². The van der Waals surface area contributed by atoms with E-state index in [4.69, 9.17) is 0 Å². The maximum atomic E-state index is 0. The first-order valence-corrected chi connectivity index (χ1v) is 0. The molecule has 0 bridgehead atoms. The van der Waals surface area contributed by atoms with Crippen LogP contribution in [0.2, 0.25) is 0 Å². The number of hydrogen-bond donors (Lipinski definition) is 0. The van der Waals surface area contributed by atoms with E-state index in [9.17, 15) is 0 Å². The van der Waals surface area contributed by atoms with Crippen LogP contribution in [0.3, 0.4) is 0 Å². The molecule has 0 aliphatic carbocycles. The average Bonchev–Trinajstić information content (AvgIpc) is 0. The van der Waals surface area contributed by atoms with Crippen LogP contribution in [0.4, 0.5) is 0 Å². The zero-order valence-electron chi connectivity index (χ0n) is 2.02. The van der Waals surface area contributed by atoms with E-state index in [1.165, 1.54) is 0 Å². The first-order chi connectivity index (χ1) is 0. The van der Waals surface area contributed by atoms with E-state index in [0.717, 1.165) is 0 Å². The van der Waals surface area contributed by atoms with Crippen LogP contribution in [0.25, 0.3) is 0 Å². The van der Waals surface area contributed by atoms with Crippen LogP contribution in [-0.4, -0.2) is 45.5 Å². The molecule has 0 aromatic heterocycles. The summed E-state index contributed by atoms with van der Waals surface area (Å²) in [5, 5.41) is 0. The van der Waals surface area contributed by atoms with Gasteiger partial charge in [0.25, 0.3) is 0 Å². The Morgan fingerprint density at radius 2 is 0.750 bits per heavy atom. The Bertz CT molecular complexity index is 6.00. The molecule has 0 fully saturated rings. The Morgan fingerprint density at radius 1 is 0.750 bits per heavy atom. The Hall–Kier alpha value is 2.11. The van der Waals surface area contributed by atoms with Gasteiger partial charge in [0.05, 0.1) is 0 Å². The van der Waals surface area contributed by atoms with Crippen molar-refractivity contribution in [3.05, 3.63) is 0 Å². The molecule has 0 atom stereocenters. The predicted octanol–water partition coefficient (Wildman–Crippen LogP) is -0.621. The number of rotatable bonds is 0. The van der Waals surface area contributed by atoms with Gasteiger partial charge >= 0.3 is 67.2 Å². The van der Waals surface area contributed by atoms with E-state index in [1.807, 2.05) is 0 Å². The first kappa shape index (κ1) is 35.8. The van der Waals surface area contributed by atoms with Crippen molar-refractivity contribution in [1.29, 1.82) is 0 Å². The molecule has 0 N–H and O–H groups in total. The molecule has 4 heteroatoms. The molecule has 2 nitrogen and oxygen atoms in total. The fraction of sp³-hybridized carbons (Fsp3) is 0. The van der Waals surface area contributed by atoms with Gasteiger partial charge in [0.2, 0.25) is 0 Å². The van der Waals surface area contributed by atoms with Crippen molar-refractivity contribution in [2.45, 2.75) is 0 Å². The maximum Gasteiger partial charge on any atom is 4.00 e. The van der Waals surface area contributed by atoms with Gasteiger partial charge in [-0.1, -0.05) is 0 Å². The summed E-state index contributed by atoms with van der Waals surface area (Å²) < 4.78 is 0. The minimum Gasteiger partial charge on any atom is -2.00 e. The van der Waals surface area contributed by atoms with E-state index in [1.54, 1.807) is 0 Å². The summed E-state index contributed by atoms with van der Waals surface area (Å²) in [5.41, 5.74) is 0. The molecule has 0 aromatic rings. The van der Waals surface area contributed by atoms with Crippen LogP contribution in [0.1, 0.15) is 0 Å². The fourth-order valence-electron chi connectivity index (χ4n) is 0. The minimum atomic E-state index is 0. The predicted molar refractivity (Wildman–Crippen MR) is 7.13 cm³/mol. The molecule has 16 valence electrons. The van der Waals surface area contributed by atoms with Crippen LogP contribution in [-0.2, 0) is 32.7 Å². The summed E-state index contributed by atoms with van der Waals surface area (Å²) in [6.45, 7) is 0. The SMILES string of the molecule is [O-2].[O-2].[Sr+2].[Ti+4]. The van der Waals surface area contributed by atoms with Crippen LogP contribution in [0.15, 0.2) is 0 Å². The molecule has 0 heterocycles. The molecular weight excluding hydrogens is 167 g/mol. The molecule has 0 aliphatic rings. The van der Waals surface area contributed by atoms with E-state index in [-0.39, 0.29) is 78.2 Å². The van der Waals surface area contributed by atoms with E-state index in [2.05, 4.69) is 0 Å². The summed E-state index contributed by atoms with van der Waals surface area (Å²) in [6.07, 6.45) is 0. The van der Waals surface area contributed by atoms with Crippen molar-refractivity contribution in [2.75, 3.05) is 0 Å². The van der Waals surface area contributed by atoms with Crippen molar-refractivity contribution in [3.63, 3.8) is 0 Å². The third-order valence-corrected chi connectivity index (χ3v) is 0. The standard InChI is InChI=1S/2O.Sr.Ti/q2*-2;+2;+4. The van der Waals surface area contributed by atoms with Crippen LogP contribution < -0.4 is 0 Å². The minimum absolute atomic E-state index is 0. The van der Waals surface area contributed by atoms with Crippen molar-refractivity contribution in [2.24, 2.45) is 0 Å². The second-order valence-electron chi connectivity index (χ2n) is 0. The van der Waals surface area contributed by atoms with Crippen molar-refractivity contribution < 1.29 is 32.7 Å². The maximum absolute atomic E-state index is 0. The van der Waals surface area contributed by atoms with E-state index < -0.39 is 0 Å². The Kier molecular flexibility index (Phi) is 173. The Balaban J connectivity index is 0. The zero-order valence-corrected chi connectivity index (χ0v) is 7.06. The third-order valence-electron chi connectivity index (χ3n) is 0. The second kappa shape index (κ2) is 19.4. The van der Waals surface area contributed by atoms with E-state index >= 15 is 0 Å². The molecule has 0 radical (unpaired) electrons. The molecule has 0 saturated heterocycles. The largest absolute Gasteiger partial charge is 4.00 e. The van der Waals surface area contributed by atoms with Gasteiger partial charge in [0.15, 0.2) is 0 Å². The quantitative estimate of drug-likeness (QED) is 0.432. The van der Waals surface area contributed by atoms with Gasteiger partial charge in [-0.15, -0.1) is 0 Å². The zero-order chi connectivity index (χ0) is 0. The molecule has 0 rings (SSSR count). The Labute approximate surface area is 76.7 Å².